The lowest BCUT2D eigenvalue weighted by Crippen LogP contribution is -2.50. The lowest BCUT2D eigenvalue weighted by atomic mass is 10.0. The van der Waals surface area contributed by atoms with Crippen molar-refractivity contribution >= 4 is 6.03 Å². The zero-order chi connectivity index (χ0) is 18.5. The van der Waals surface area contributed by atoms with E-state index in [-0.39, 0.29) is 6.03 Å². The van der Waals surface area contributed by atoms with Crippen LogP contribution in [0.25, 0.3) is 0 Å². The summed E-state index contributed by atoms with van der Waals surface area (Å²) in [5.74, 6) is 0. The Morgan fingerprint density at radius 3 is 2.22 bits per heavy atom. The van der Waals surface area contributed by atoms with Crippen molar-refractivity contribution in [1.29, 1.82) is 0 Å². The molecular formula is C22H34N4O. The van der Waals surface area contributed by atoms with Gasteiger partial charge in [0.25, 0.3) is 0 Å². The number of hydrogen-bond acceptors (Lipinski definition) is 3. The smallest absolute Gasteiger partial charge is 0.317 e. The van der Waals surface area contributed by atoms with Gasteiger partial charge in [-0.15, -0.1) is 0 Å². The molecule has 3 heterocycles. The van der Waals surface area contributed by atoms with Gasteiger partial charge < -0.3 is 15.1 Å². The molecule has 1 unspecified atom stereocenters. The molecule has 1 aromatic carbocycles. The number of rotatable bonds is 5. The third kappa shape index (κ3) is 4.64. The van der Waals surface area contributed by atoms with E-state index in [1.165, 1.54) is 44.3 Å². The number of urea groups is 1. The molecule has 4 rings (SSSR count). The van der Waals surface area contributed by atoms with Gasteiger partial charge in [0.15, 0.2) is 0 Å². The number of carbonyl (C=O) groups excluding carboxylic acids is 1. The van der Waals surface area contributed by atoms with E-state index < -0.39 is 0 Å². The number of nitrogens with zero attached hydrogens (tertiary/aromatic N) is 3. The van der Waals surface area contributed by atoms with Crippen LogP contribution < -0.4 is 5.32 Å². The van der Waals surface area contributed by atoms with E-state index in [0.29, 0.717) is 18.6 Å². The fraction of sp³-hybridized carbons (Fsp3) is 0.682. The fourth-order valence-corrected chi connectivity index (χ4v) is 5.02. The van der Waals surface area contributed by atoms with Crippen LogP contribution >= 0.6 is 0 Å². The van der Waals surface area contributed by atoms with Crippen LogP contribution in [-0.2, 0) is 0 Å². The molecule has 1 aromatic rings. The third-order valence-corrected chi connectivity index (χ3v) is 6.62. The van der Waals surface area contributed by atoms with Crippen LogP contribution in [0.15, 0.2) is 30.3 Å². The maximum atomic E-state index is 12.8. The van der Waals surface area contributed by atoms with Gasteiger partial charge in [-0.1, -0.05) is 30.3 Å². The topological polar surface area (TPSA) is 38.8 Å². The molecule has 0 aliphatic carbocycles. The normalized spacial score (nSPS) is 23.6. The summed E-state index contributed by atoms with van der Waals surface area (Å²) in [6.45, 7) is 7.28. The number of benzene rings is 1. The van der Waals surface area contributed by atoms with Gasteiger partial charge in [-0.25, -0.2) is 4.79 Å². The van der Waals surface area contributed by atoms with Crippen LogP contribution in [0.2, 0.25) is 0 Å². The molecule has 1 atom stereocenters. The van der Waals surface area contributed by atoms with Crippen LogP contribution in [0.5, 0.6) is 0 Å². The van der Waals surface area contributed by atoms with Gasteiger partial charge in [0, 0.05) is 25.7 Å². The molecule has 5 heteroatoms. The molecule has 0 spiro atoms. The van der Waals surface area contributed by atoms with E-state index >= 15 is 0 Å². The molecule has 0 aromatic heterocycles. The standard InChI is InChI=1S/C22H34N4O/c27-22(26-16-10-20(11-17-26)24-12-4-5-13-24)23-18-21(25-14-6-7-15-25)19-8-2-1-3-9-19/h1-3,8-9,20-21H,4-7,10-18H2,(H,23,27). The van der Waals surface area contributed by atoms with E-state index in [4.69, 9.17) is 0 Å². The predicted molar refractivity (Wildman–Crippen MR) is 109 cm³/mol. The average molecular weight is 371 g/mol. The zero-order valence-corrected chi connectivity index (χ0v) is 16.5. The van der Waals surface area contributed by atoms with Crippen molar-refractivity contribution in [3.63, 3.8) is 0 Å². The molecule has 3 fully saturated rings. The van der Waals surface area contributed by atoms with Crippen molar-refractivity contribution in [1.82, 2.24) is 20.0 Å². The summed E-state index contributed by atoms with van der Waals surface area (Å²) in [7, 11) is 0. The van der Waals surface area contributed by atoms with Crippen LogP contribution in [0.3, 0.4) is 0 Å². The molecule has 27 heavy (non-hydrogen) atoms. The first-order chi connectivity index (χ1) is 13.3. The maximum absolute atomic E-state index is 12.8. The predicted octanol–water partition coefficient (Wildman–Crippen LogP) is 3.09. The summed E-state index contributed by atoms with van der Waals surface area (Å²) in [5.41, 5.74) is 1.31. The van der Waals surface area contributed by atoms with Crippen molar-refractivity contribution < 1.29 is 4.79 Å². The van der Waals surface area contributed by atoms with Crippen LogP contribution in [0.4, 0.5) is 4.79 Å². The van der Waals surface area contributed by atoms with E-state index in [2.05, 4.69) is 45.4 Å². The Morgan fingerprint density at radius 2 is 1.56 bits per heavy atom. The fourth-order valence-electron chi connectivity index (χ4n) is 5.02. The molecule has 0 bridgehead atoms. The SMILES string of the molecule is O=C(NCC(c1ccccc1)N1CCCC1)N1CCC(N2CCCC2)CC1. The molecule has 3 aliphatic heterocycles. The first-order valence-corrected chi connectivity index (χ1v) is 10.9. The van der Waals surface area contributed by atoms with Gasteiger partial charge in [-0.2, -0.15) is 0 Å². The summed E-state index contributed by atoms with van der Waals surface area (Å²) in [5, 5.41) is 3.24. The van der Waals surface area contributed by atoms with E-state index in [0.717, 1.165) is 39.0 Å². The number of hydrogen-bond donors (Lipinski definition) is 1. The van der Waals surface area contributed by atoms with Gasteiger partial charge in [0.1, 0.15) is 0 Å². The molecule has 148 valence electrons. The largest absolute Gasteiger partial charge is 0.336 e. The number of likely N-dealkylation sites (tertiary alicyclic amines) is 3. The number of carbonyl (C=O) groups is 1. The highest BCUT2D eigenvalue weighted by Gasteiger charge is 2.29. The summed E-state index contributed by atoms with van der Waals surface area (Å²) in [6, 6.07) is 11.8. The molecule has 0 radical (unpaired) electrons. The highest BCUT2D eigenvalue weighted by atomic mass is 16.2. The second kappa shape index (κ2) is 9.07. The third-order valence-electron chi connectivity index (χ3n) is 6.62. The Labute approximate surface area is 163 Å². The van der Waals surface area contributed by atoms with Gasteiger partial charge in [0.05, 0.1) is 6.04 Å². The Kier molecular flexibility index (Phi) is 6.30. The lowest BCUT2D eigenvalue weighted by Gasteiger charge is -2.37. The highest BCUT2D eigenvalue weighted by Crippen LogP contribution is 2.25. The molecule has 3 aliphatic rings. The number of nitrogens with one attached hydrogen (secondary N) is 1. The Bertz CT molecular complexity index is 588. The molecule has 5 nitrogen and oxygen atoms in total. The van der Waals surface area contributed by atoms with Crippen LogP contribution in [-0.4, -0.2) is 72.6 Å². The first kappa shape index (κ1) is 18.8. The Balaban J connectivity index is 1.29. The van der Waals surface area contributed by atoms with E-state index in [1.807, 2.05) is 4.90 Å². The average Bonchev–Trinajstić information content (AvgIpc) is 3.43. The minimum absolute atomic E-state index is 0.120. The van der Waals surface area contributed by atoms with Crippen LogP contribution in [0.1, 0.15) is 50.1 Å². The quantitative estimate of drug-likeness (QED) is 0.866. The minimum atomic E-state index is 0.120. The highest BCUT2D eigenvalue weighted by molar-refractivity contribution is 5.74. The number of piperidine rings is 1. The van der Waals surface area contributed by atoms with Crippen LogP contribution in [0, 0.1) is 0 Å². The van der Waals surface area contributed by atoms with Crippen molar-refractivity contribution in [3.8, 4) is 0 Å². The van der Waals surface area contributed by atoms with Gasteiger partial charge in [0.2, 0.25) is 0 Å². The monoisotopic (exact) mass is 370 g/mol. The van der Waals surface area contributed by atoms with E-state index in [9.17, 15) is 4.79 Å². The molecular weight excluding hydrogens is 336 g/mol. The molecule has 1 N–H and O–H groups in total. The van der Waals surface area contributed by atoms with E-state index in [1.54, 1.807) is 0 Å². The second-order valence-corrected chi connectivity index (χ2v) is 8.32. The summed E-state index contributed by atoms with van der Waals surface area (Å²) in [4.78, 5) is 19.9. The second-order valence-electron chi connectivity index (χ2n) is 8.32. The summed E-state index contributed by atoms with van der Waals surface area (Å²) < 4.78 is 0. The van der Waals surface area contributed by atoms with Gasteiger partial charge in [-0.3, -0.25) is 4.90 Å². The minimum Gasteiger partial charge on any atom is -0.336 e. The Hall–Kier alpha value is -1.59. The zero-order valence-electron chi connectivity index (χ0n) is 16.5. The number of amides is 2. The van der Waals surface area contributed by atoms with Crippen molar-refractivity contribution in [2.45, 2.75) is 50.6 Å². The first-order valence-electron chi connectivity index (χ1n) is 10.9. The maximum Gasteiger partial charge on any atom is 0.317 e. The van der Waals surface area contributed by atoms with Crippen molar-refractivity contribution in [2.24, 2.45) is 0 Å². The molecule has 2 amide bonds. The summed E-state index contributed by atoms with van der Waals surface area (Å²) >= 11 is 0. The molecule has 0 saturated carbocycles. The Morgan fingerprint density at radius 1 is 0.926 bits per heavy atom. The van der Waals surface area contributed by atoms with Gasteiger partial charge >= 0.3 is 6.03 Å². The van der Waals surface area contributed by atoms with Gasteiger partial charge in [-0.05, 0) is 70.3 Å². The van der Waals surface area contributed by atoms with Crippen molar-refractivity contribution in [3.05, 3.63) is 35.9 Å². The lowest BCUT2D eigenvalue weighted by molar-refractivity contribution is 0.132. The summed E-state index contributed by atoms with van der Waals surface area (Å²) in [6.07, 6.45) is 7.47. The van der Waals surface area contributed by atoms with Crippen molar-refractivity contribution in [2.75, 3.05) is 45.8 Å². The molecule has 3 saturated heterocycles.